The van der Waals surface area contributed by atoms with Gasteiger partial charge in [0, 0.05) is 41.4 Å². The lowest BCUT2D eigenvalue weighted by molar-refractivity contribution is 0.0950. The number of aryl methyl sites for hydroxylation is 2. The van der Waals surface area contributed by atoms with E-state index < -0.39 is 21.2 Å². The minimum Gasteiger partial charge on any atom is -0.349 e. The lowest BCUT2D eigenvalue weighted by atomic mass is 9.96. The number of hydrogen-bond donors (Lipinski definition) is 1. The molecule has 0 bridgehead atoms. The predicted octanol–water partition coefficient (Wildman–Crippen LogP) is 3.71. The van der Waals surface area contributed by atoms with Crippen LogP contribution in [0.15, 0.2) is 52.3 Å². The van der Waals surface area contributed by atoms with E-state index in [2.05, 4.69) is 15.5 Å². The van der Waals surface area contributed by atoms with Crippen molar-refractivity contribution in [3.8, 4) is 22.4 Å². The van der Waals surface area contributed by atoms with Gasteiger partial charge in [0.05, 0.1) is 16.6 Å². The maximum absolute atomic E-state index is 14.9. The molecule has 5 rings (SSSR count). The SMILES string of the molecule is Cc1cc(S(C)(=O)=O)ccc1-c1nncc2cc(-c3cc(C(=O)NC4CC4)cc(F)c3C)c(=O)n(C)c12. The molecule has 1 fully saturated rings. The van der Waals surface area contributed by atoms with E-state index in [-0.39, 0.29) is 33.5 Å². The summed E-state index contributed by atoms with van der Waals surface area (Å²) in [5.74, 6) is -0.947. The van der Waals surface area contributed by atoms with Gasteiger partial charge in [0.2, 0.25) is 0 Å². The molecule has 10 heteroatoms. The maximum Gasteiger partial charge on any atom is 0.258 e. The molecule has 2 heterocycles. The number of aromatic nitrogens is 3. The molecule has 1 saturated carbocycles. The van der Waals surface area contributed by atoms with Gasteiger partial charge >= 0.3 is 0 Å². The van der Waals surface area contributed by atoms with Gasteiger partial charge in [-0.05, 0) is 73.7 Å². The van der Waals surface area contributed by atoms with E-state index in [1.54, 1.807) is 45.2 Å². The summed E-state index contributed by atoms with van der Waals surface area (Å²) < 4.78 is 40.2. The zero-order valence-electron chi connectivity index (χ0n) is 20.8. The molecule has 37 heavy (non-hydrogen) atoms. The van der Waals surface area contributed by atoms with Crippen molar-refractivity contribution in [3.05, 3.63) is 75.5 Å². The Morgan fingerprint density at radius 2 is 1.81 bits per heavy atom. The second-order valence-electron chi connectivity index (χ2n) is 9.55. The fraction of sp³-hybridized carbons (Fsp3) is 0.259. The van der Waals surface area contributed by atoms with Crippen LogP contribution in [0.3, 0.4) is 0 Å². The van der Waals surface area contributed by atoms with E-state index in [0.717, 1.165) is 19.1 Å². The van der Waals surface area contributed by atoms with Crippen LogP contribution >= 0.6 is 0 Å². The van der Waals surface area contributed by atoms with Crippen LogP contribution in [0.1, 0.15) is 34.3 Å². The number of hydrogen-bond acceptors (Lipinski definition) is 6. The van der Waals surface area contributed by atoms with Gasteiger partial charge in [-0.3, -0.25) is 9.59 Å². The normalized spacial score (nSPS) is 13.6. The highest BCUT2D eigenvalue weighted by atomic mass is 32.2. The quantitative estimate of drug-likeness (QED) is 0.430. The molecule has 2 aromatic heterocycles. The van der Waals surface area contributed by atoms with Gasteiger partial charge in [-0.2, -0.15) is 5.10 Å². The van der Waals surface area contributed by atoms with Crippen LogP contribution in [0, 0.1) is 19.7 Å². The minimum atomic E-state index is -3.39. The van der Waals surface area contributed by atoms with E-state index >= 15 is 0 Å². The zero-order valence-corrected chi connectivity index (χ0v) is 21.6. The Bertz CT molecular complexity index is 1780. The van der Waals surface area contributed by atoms with Gasteiger partial charge in [-0.25, -0.2) is 12.8 Å². The van der Waals surface area contributed by atoms with Crippen molar-refractivity contribution >= 4 is 26.6 Å². The van der Waals surface area contributed by atoms with Crippen LogP contribution in [0.5, 0.6) is 0 Å². The molecule has 8 nitrogen and oxygen atoms in total. The first kappa shape index (κ1) is 24.8. The van der Waals surface area contributed by atoms with Gasteiger partial charge in [0.1, 0.15) is 11.5 Å². The Hall–Kier alpha value is -3.92. The van der Waals surface area contributed by atoms with Crippen LogP contribution < -0.4 is 10.9 Å². The Morgan fingerprint density at radius 3 is 2.46 bits per heavy atom. The van der Waals surface area contributed by atoms with Gasteiger partial charge < -0.3 is 9.88 Å². The number of benzene rings is 2. The molecule has 0 atom stereocenters. The highest BCUT2D eigenvalue weighted by Gasteiger charge is 2.25. The fourth-order valence-corrected chi connectivity index (χ4v) is 5.15. The second-order valence-corrected chi connectivity index (χ2v) is 11.6. The van der Waals surface area contributed by atoms with E-state index in [1.165, 1.54) is 22.9 Å². The Morgan fingerprint density at radius 1 is 1.08 bits per heavy atom. The van der Waals surface area contributed by atoms with Crippen molar-refractivity contribution < 1.29 is 17.6 Å². The molecule has 1 N–H and O–H groups in total. The summed E-state index contributed by atoms with van der Waals surface area (Å²) in [7, 11) is -1.80. The summed E-state index contributed by atoms with van der Waals surface area (Å²) in [6.07, 6.45) is 4.45. The molecule has 0 spiro atoms. The van der Waals surface area contributed by atoms with Crippen molar-refractivity contribution in [2.45, 2.75) is 37.6 Å². The molecule has 190 valence electrons. The fourth-order valence-electron chi connectivity index (χ4n) is 4.44. The topological polar surface area (TPSA) is 111 Å². The number of fused-ring (bicyclic) bond motifs is 1. The first-order chi connectivity index (χ1) is 17.5. The smallest absolute Gasteiger partial charge is 0.258 e. The first-order valence-corrected chi connectivity index (χ1v) is 13.6. The molecule has 2 aromatic carbocycles. The molecule has 4 aromatic rings. The van der Waals surface area contributed by atoms with Crippen LogP contribution in [-0.2, 0) is 16.9 Å². The van der Waals surface area contributed by atoms with Crippen molar-refractivity contribution in [2.24, 2.45) is 7.05 Å². The van der Waals surface area contributed by atoms with Gasteiger partial charge in [0.25, 0.3) is 11.5 Å². The largest absolute Gasteiger partial charge is 0.349 e. The maximum atomic E-state index is 14.9. The van der Waals surface area contributed by atoms with Crippen molar-refractivity contribution in [2.75, 3.05) is 6.26 Å². The molecule has 1 aliphatic carbocycles. The third-order valence-corrected chi connectivity index (χ3v) is 7.82. The zero-order chi connectivity index (χ0) is 26.6. The first-order valence-electron chi connectivity index (χ1n) is 11.7. The summed E-state index contributed by atoms with van der Waals surface area (Å²) in [6.45, 7) is 3.33. The third kappa shape index (κ3) is 4.53. The minimum absolute atomic E-state index is 0.112. The molecular formula is C27H25FN4O4S. The molecule has 0 aliphatic heterocycles. The van der Waals surface area contributed by atoms with Crippen LogP contribution in [0.25, 0.3) is 33.3 Å². The number of pyridine rings is 1. The predicted molar refractivity (Wildman–Crippen MR) is 139 cm³/mol. The molecule has 0 unspecified atom stereocenters. The van der Waals surface area contributed by atoms with E-state index in [0.29, 0.717) is 33.3 Å². The van der Waals surface area contributed by atoms with Gasteiger partial charge in [-0.1, -0.05) is 6.07 Å². The number of halogens is 1. The van der Waals surface area contributed by atoms with Gasteiger partial charge in [-0.15, -0.1) is 5.10 Å². The molecule has 0 saturated heterocycles. The third-order valence-electron chi connectivity index (χ3n) is 6.71. The number of amides is 1. The molecule has 0 radical (unpaired) electrons. The van der Waals surface area contributed by atoms with Crippen molar-refractivity contribution in [3.63, 3.8) is 0 Å². The molecule has 1 aliphatic rings. The Kier molecular flexibility index (Phi) is 5.94. The number of rotatable bonds is 5. The average Bonchev–Trinajstić information content (AvgIpc) is 3.66. The number of nitrogens with zero attached hydrogens (tertiary/aromatic N) is 3. The van der Waals surface area contributed by atoms with Crippen molar-refractivity contribution in [1.29, 1.82) is 0 Å². The summed E-state index contributed by atoms with van der Waals surface area (Å²) in [4.78, 5) is 26.4. The van der Waals surface area contributed by atoms with E-state index in [1.807, 2.05) is 0 Å². The number of nitrogens with one attached hydrogen (secondary N) is 1. The number of sulfone groups is 1. The van der Waals surface area contributed by atoms with Crippen LogP contribution in [0.4, 0.5) is 4.39 Å². The lowest BCUT2D eigenvalue weighted by Crippen LogP contribution is -2.26. The Labute approximate surface area is 213 Å². The van der Waals surface area contributed by atoms with Crippen LogP contribution in [-0.4, -0.2) is 41.4 Å². The highest BCUT2D eigenvalue weighted by molar-refractivity contribution is 7.90. The lowest BCUT2D eigenvalue weighted by Gasteiger charge is -2.15. The standard InChI is InChI=1S/C27H25FN4O4S/c1-14-9-19(37(4,35)36)7-8-20(14)24-25-17(13-29-31-24)11-22(27(34)32(25)3)21-10-16(12-23(28)15(21)2)26(33)30-18-5-6-18/h7-13,18H,5-6H2,1-4H3,(H,30,33). The number of carbonyl (C=O) groups is 1. The highest BCUT2D eigenvalue weighted by Crippen LogP contribution is 2.32. The summed E-state index contributed by atoms with van der Waals surface area (Å²) in [5.41, 5.74) is 2.79. The molecule has 1 amide bonds. The van der Waals surface area contributed by atoms with Gasteiger partial charge in [0.15, 0.2) is 9.84 Å². The summed E-state index contributed by atoms with van der Waals surface area (Å²) in [5, 5.41) is 11.8. The Balaban J connectivity index is 1.69. The second kappa shape index (κ2) is 8.88. The summed E-state index contributed by atoms with van der Waals surface area (Å²) >= 11 is 0. The number of carbonyl (C=O) groups excluding carboxylic acids is 1. The average molecular weight is 521 g/mol. The van der Waals surface area contributed by atoms with E-state index in [4.69, 9.17) is 0 Å². The molecular weight excluding hydrogens is 495 g/mol. The summed E-state index contributed by atoms with van der Waals surface area (Å²) in [6, 6.07) is 9.17. The monoisotopic (exact) mass is 520 g/mol. The van der Waals surface area contributed by atoms with Crippen LogP contribution in [0.2, 0.25) is 0 Å². The van der Waals surface area contributed by atoms with E-state index in [9.17, 15) is 22.4 Å². The van der Waals surface area contributed by atoms with Crippen molar-refractivity contribution in [1.82, 2.24) is 20.1 Å².